The van der Waals surface area contributed by atoms with Gasteiger partial charge >= 0.3 is 17.9 Å². The van der Waals surface area contributed by atoms with E-state index in [2.05, 4.69) is 0 Å². The summed E-state index contributed by atoms with van der Waals surface area (Å²) in [5.74, 6) is -6.52. The number of methoxy groups -OCH3 is 1. The van der Waals surface area contributed by atoms with Crippen molar-refractivity contribution in [2.75, 3.05) is 13.7 Å². The van der Waals surface area contributed by atoms with Gasteiger partial charge in [0.15, 0.2) is 53.9 Å². The Morgan fingerprint density at radius 3 is 2.00 bits per heavy atom. The smallest absolute Gasteiger partial charge is 0.335 e. The predicted octanol–water partition coefficient (Wildman–Crippen LogP) is -2.14. The number of carbonyl (C=O) groups excluding carboxylic acids is 1. The minimum atomic E-state index is -2.44. The number of hydrogen-bond acceptors (Lipinski definition) is 23. The average molecular weight is 961 g/mol. The Labute approximate surface area is 380 Å². The Bertz CT molecular complexity index is 2560. The quantitative estimate of drug-likeness (QED) is 0.0474. The molecular formula is C43H44O25. The number of carboxylic acids is 2. The van der Waals surface area contributed by atoms with Crippen molar-refractivity contribution in [3.8, 4) is 40.1 Å². The van der Waals surface area contributed by atoms with Gasteiger partial charge in [-0.3, -0.25) is 4.79 Å². The summed E-state index contributed by atoms with van der Waals surface area (Å²) in [5, 5.41) is 126. The number of esters is 1. The van der Waals surface area contributed by atoms with Crippen LogP contribution in [0.5, 0.6) is 28.7 Å². The summed E-state index contributed by atoms with van der Waals surface area (Å²) in [6, 6.07) is 12.5. The number of aliphatic carboxylic acids is 2. The van der Waals surface area contributed by atoms with Gasteiger partial charge in [0.1, 0.15) is 82.8 Å². The van der Waals surface area contributed by atoms with Crippen LogP contribution in [0.1, 0.15) is 5.56 Å². The standard InChI is InChI=1S/C43H44O25/c1-60-23-10-15(2-8-19(23)46)3-9-26(49)64-38-34(65-41-32(54)29(51)31(53)35(66-41)39(56)57)33(55)36(40(58)59)67-43(38)68-37-30(52)28(50)25(14-44)63-42(37)61-18-11-20(47)27-21(48)13-22(62-24(27)12-18)16-4-6-17(45)7-5-16/h2-13,25,28-38,41-47,50-55H,14H2,1H3,(H,56,57)(H,58,59). The average Bonchev–Trinajstić information content (AvgIpc) is 3.29. The van der Waals surface area contributed by atoms with Crippen molar-refractivity contribution in [1.29, 1.82) is 0 Å². The fourth-order valence-corrected chi connectivity index (χ4v) is 7.54. The summed E-state index contributed by atoms with van der Waals surface area (Å²) in [6.45, 7) is -0.956. The zero-order chi connectivity index (χ0) is 49.3. The van der Waals surface area contributed by atoms with Crippen LogP contribution in [-0.4, -0.2) is 185 Å². The SMILES string of the molecule is COc1cc(C=CC(=O)OC2C(OC3C(Oc4cc(O)c5c(=O)cc(-c6ccc(O)cc6)oc5c4)OC(CO)C(O)C3O)OC(C(=O)O)C(O)C2OC2OC(C(=O)O)C(O)C(O)C2O)ccc1O. The monoisotopic (exact) mass is 960 g/mol. The lowest BCUT2D eigenvalue weighted by Crippen LogP contribution is -2.68. The number of aromatic hydroxyl groups is 3. The van der Waals surface area contributed by atoms with Crippen LogP contribution in [0.2, 0.25) is 0 Å². The fourth-order valence-electron chi connectivity index (χ4n) is 7.54. The predicted molar refractivity (Wildman–Crippen MR) is 220 cm³/mol. The van der Waals surface area contributed by atoms with Crippen LogP contribution in [-0.2, 0) is 42.8 Å². The molecule has 4 heterocycles. The number of phenols is 3. The first kappa shape index (κ1) is 49.4. The first-order chi connectivity index (χ1) is 32.3. The summed E-state index contributed by atoms with van der Waals surface area (Å²) < 4.78 is 50.7. The Kier molecular flexibility index (Phi) is 14.8. The minimum absolute atomic E-state index is 0.00177. The van der Waals surface area contributed by atoms with Gasteiger partial charge in [-0.05, 0) is 48.0 Å². The van der Waals surface area contributed by atoms with Gasteiger partial charge in [-0.1, -0.05) is 6.07 Å². The van der Waals surface area contributed by atoms with Gasteiger partial charge in [-0.2, -0.15) is 0 Å². The third-order valence-electron chi connectivity index (χ3n) is 11.0. The molecule has 3 fully saturated rings. The molecule has 3 aromatic carbocycles. The molecule has 0 aliphatic carbocycles. The number of benzene rings is 3. The Morgan fingerprint density at radius 2 is 1.34 bits per heavy atom. The maximum atomic E-state index is 13.6. The number of aliphatic hydroxyl groups excluding tert-OH is 7. The van der Waals surface area contributed by atoms with Crippen LogP contribution in [0, 0.1) is 0 Å². The number of carbonyl (C=O) groups is 3. The van der Waals surface area contributed by atoms with E-state index in [-0.39, 0.29) is 45.3 Å². The lowest BCUT2D eigenvalue weighted by molar-refractivity contribution is -0.375. The Balaban J connectivity index is 1.26. The molecule has 3 saturated heterocycles. The molecule has 25 nitrogen and oxygen atoms in total. The molecule has 0 saturated carbocycles. The summed E-state index contributed by atoms with van der Waals surface area (Å²) in [6.07, 6.45) is -31.3. The van der Waals surface area contributed by atoms with Gasteiger partial charge < -0.3 is 104 Å². The maximum absolute atomic E-state index is 13.6. The second-order valence-electron chi connectivity index (χ2n) is 15.5. The number of phenolic OH excluding ortho intramolecular Hbond substituents is 3. The van der Waals surface area contributed by atoms with E-state index in [1.807, 2.05) is 0 Å². The third kappa shape index (κ3) is 10.2. The third-order valence-corrected chi connectivity index (χ3v) is 11.0. The van der Waals surface area contributed by atoms with Gasteiger partial charge in [-0.25, -0.2) is 14.4 Å². The summed E-state index contributed by atoms with van der Waals surface area (Å²) >= 11 is 0. The molecule has 25 heteroatoms. The van der Waals surface area contributed by atoms with Gasteiger partial charge in [0.25, 0.3) is 0 Å². The van der Waals surface area contributed by atoms with Crippen molar-refractivity contribution in [3.63, 3.8) is 0 Å². The van der Waals surface area contributed by atoms with Crippen molar-refractivity contribution in [1.82, 2.24) is 0 Å². The van der Waals surface area contributed by atoms with Crippen LogP contribution >= 0.6 is 0 Å². The Morgan fingerprint density at radius 1 is 0.676 bits per heavy atom. The van der Waals surface area contributed by atoms with E-state index in [0.29, 0.717) is 5.56 Å². The molecule has 15 unspecified atom stereocenters. The minimum Gasteiger partial charge on any atom is -0.508 e. The first-order valence-electron chi connectivity index (χ1n) is 20.2. The zero-order valence-electron chi connectivity index (χ0n) is 35.0. The second-order valence-corrected chi connectivity index (χ2v) is 15.5. The number of hydrogen-bond donors (Lipinski definition) is 12. The van der Waals surface area contributed by atoms with Gasteiger partial charge in [0.05, 0.1) is 13.7 Å². The van der Waals surface area contributed by atoms with E-state index in [1.54, 1.807) is 0 Å². The topological polar surface area (TPSA) is 398 Å². The summed E-state index contributed by atoms with van der Waals surface area (Å²) in [7, 11) is 1.26. The highest BCUT2D eigenvalue weighted by Gasteiger charge is 2.57. The summed E-state index contributed by atoms with van der Waals surface area (Å²) in [5.41, 5.74) is -0.384. The molecule has 366 valence electrons. The summed E-state index contributed by atoms with van der Waals surface area (Å²) in [4.78, 5) is 51.2. The number of ether oxygens (including phenoxy) is 8. The fraction of sp³-hybridized carbons (Fsp3) is 0.395. The molecule has 0 bridgehead atoms. The van der Waals surface area contributed by atoms with Gasteiger partial charge in [-0.15, -0.1) is 0 Å². The lowest BCUT2D eigenvalue weighted by Gasteiger charge is -2.48. The molecule has 12 N–H and O–H groups in total. The number of carboxylic acid groups (broad SMARTS) is 2. The van der Waals surface area contributed by atoms with E-state index < -0.39 is 128 Å². The van der Waals surface area contributed by atoms with E-state index >= 15 is 0 Å². The normalized spacial score (nSPS) is 31.9. The molecule has 1 aromatic heterocycles. The van der Waals surface area contributed by atoms with Crippen molar-refractivity contribution >= 4 is 35.0 Å². The zero-order valence-corrected chi connectivity index (χ0v) is 35.0. The van der Waals surface area contributed by atoms with Crippen LogP contribution in [0.3, 0.4) is 0 Å². The molecule has 3 aliphatic rings. The molecule has 3 aliphatic heterocycles. The van der Waals surface area contributed by atoms with E-state index in [4.69, 9.17) is 42.3 Å². The van der Waals surface area contributed by atoms with Crippen molar-refractivity contribution in [2.45, 2.75) is 92.1 Å². The molecule has 0 radical (unpaired) electrons. The second kappa shape index (κ2) is 20.4. The molecule has 0 spiro atoms. The van der Waals surface area contributed by atoms with Crippen molar-refractivity contribution < 1.29 is 118 Å². The number of aliphatic hydroxyl groups is 7. The van der Waals surface area contributed by atoms with Crippen LogP contribution < -0.4 is 14.9 Å². The largest absolute Gasteiger partial charge is 0.508 e. The molecule has 4 aromatic rings. The number of fused-ring (bicyclic) bond motifs is 1. The highest BCUT2D eigenvalue weighted by molar-refractivity contribution is 5.88. The van der Waals surface area contributed by atoms with E-state index in [0.717, 1.165) is 30.4 Å². The van der Waals surface area contributed by atoms with Crippen LogP contribution in [0.25, 0.3) is 28.4 Å². The van der Waals surface area contributed by atoms with Gasteiger partial charge in [0.2, 0.25) is 6.29 Å². The molecule has 68 heavy (non-hydrogen) atoms. The van der Waals surface area contributed by atoms with Crippen LogP contribution in [0.4, 0.5) is 0 Å². The van der Waals surface area contributed by atoms with E-state index in [1.165, 1.54) is 49.6 Å². The molecular weight excluding hydrogens is 916 g/mol. The van der Waals surface area contributed by atoms with Crippen LogP contribution in [0.15, 0.2) is 76.0 Å². The molecule has 0 amide bonds. The van der Waals surface area contributed by atoms with E-state index in [9.17, 15) is 80.5 Å². The first-order valence-corrected chi connectivity index (χ1v) is 20.2. The Hall–Kier alpha value is -6.46. The van der Waals surface area contributed by atoms with Crippen molar-refractivity contribution in [3.05, 3.63) is 82.5 Å². The highest BCUT2D eigenvalue weighted by atomic mass is 16.8. The van der Waals surface area contributed by atoms with Crippen molar-refractivity contribution in [2.24, 2.45) is 0 Å². The lowest BCUT2D eigenvalue weighted by atomic mass is 9.95. The van der Waals surface area contributed by atoms with Gasteiger partial charge in [0, 0.05) is 29.8 Å². The molecule has 15 atom stereocenters. The highest BCUT2D eigenvalue weighted by Crippen LogP contribution is 2.37. The molecule has 7 rings (SSSR count). The number of rotatable bonds is 14. The maximum Gasteiger partial charge on any atom is 0.335 e.